The monoisotopic (exact) mass is 308 g/mol. The zero-order chi connectivity index (χ0) is 11.5. The number of halogens is 3. The van der Waals surface area contributed by atoms with Gasteiger partial charge in [-0.2, -0.15) is 23.4 Å². The number of rotatable bonds is 4. The Balaban J connectivity index is 0.00000225. The fourth-order valence-electron chi connectivity index (χ4n) is 0.697. The van der Waals surface area contributed by atoms with Crippen LogP contribution in [0.1, 0.15) is 0 Å². The Morgan fingerprint density at radius 1 is 1.19 bits per heavy atom. The van der Waals surface area contributed by atoms with Crippen LogP contribution >= 0.6 is 35.6 Å². The van der Waals surface area contributed by atoms with E-state index in [1.807, 2.05) is 0 Å². The Bertz CT molecular complexity index is 434. The molecule has 0 aliphatic heterocycles. The highest BCUT2D eigenvalue weighted by Gasteiger charge is 2.06. The highest BCUT2D eigenvalue weighted by molar-refractivity contribution is 7.85. The minimum Gasteiger partial charge on any atom is -0.353 e. The van der Waals surface area contributed by atoms with Crippen LogP contribution in [-0.4, -0.2) is 40.2 Å². The second kappa shape index (κ2) is 6.36. The fourth-order valence-corrected chi connectivity index (χ4v) is 1.42. The van der Waals surface area contributed by atoms with E-state index in [9.17, 15) is 8.42 Å². The van der Waals surface area contributed by atoms with Gasteiger partial charge in [0.1, 0.15) is 0 Å². The van der Waals surface area contributed by atoms with Crippen LogP contribution in [0.5, 0.6) is 0 Å². The second-order valence-corrected chi connectivity index (χ2v) is 4.66. The van der Waals surface area contributed by atoms with Gasteiger partial charge in [0, 0.05) is 6.54 Å². The summed E-state index contributed by atoms with van der Waals surface area (Å²) in [5.41, 5.74) is 0. The summed E-state index contributed by atoms with van der Waals surface area (Å²) in [7, 11) is -4.01. The van der Waals surface area contributed by atoms with E-state index in [0.717, 1.165) is 0 Å². The maximum absolute atomic E-state index is 10.4. The third-order valence-electron chi connectivity index (χ3n) is 1.22. The molecule has 2 N–H and O–H groups in total. The molecular formula is C5H7Cl3N4O3S. The van der Waals surface area contributed by atoms with Crippen molar-refractivity contribution >= 4 is 51.7 Å². The first kappa shape index (κ1) is 15.6. The summed E-state index contributed by atoms with van der Waals surface area (Å²) in [4.78, 5) is 10.7. The summed E-state index contributed by atoms with van der Waals surface area (Å²) in [6.07, 6.45) is 0. The van der Waals surface area contributed by atoms with E-state index in [-0.39, 0.29) is 35.5 Å². The highest BCUT2D eigenvalue weighted by atomic mass is 35.5. The summed E-state index contributed by atoms with van der Waals surface area (Å²) >= 11 is 10.9. The van der Waals surface area contributed by atoms with E-state index in [1.165, 1.54) is 0 Å². The molecule has 0 atom stereocenters. The summed E-state index contributed by atoms with van der Waals surface area (Å²) in [5, 5.41) is 2.30. The van der Waals surface area contributed by atoms with Gasteiger partial charge in [0.15, 0.2) is 0 Å². The summed E-state index contributed by atoms with van der Waals surface area (Å²) in [6.45, 7) is -0.0600. The molecular weight excluding hydrogens is 303 g/mol. The first-order chi connectivity index (χ1) is 6.87. The van der Waals surface area contributed by atoms with Gasteiger partial charge in [-0.3, -0.25) is 4.55 Å². The lowest BCUT2D eigenvalue weighted by molar-refractivity contribution is 0.484. The molecule has 16 heavy (non-hydrogen) atoms. The largest absolute Gasteiger partial charge is 0.353 e. The van der Waals surface area contributed by atoms with E-state index in [4.69, 9.17) is 27.8 Å². The average Bonchev–Trinajstić information content (AvgIpc) is 1.99. The van der Waals surface area contributed by atoms with E-state index in [0.29, 0.717) is 0 Å². The lowest BCUT2D eigenvalue weighted by atomic mass is 10.7. The van der Waals surface area contributed by atoms with Crippen molar-refractivity contribution in [3.8, 4) is 0 Å². The molecule has 0 amide bonds. The Morgan fingerprint density at radius 3 is 2.12 bits per heavy atom. The van der Waals surface area contributed by atoms with Crippen molar-refractivity contribution in [2.45, 2.75) is 0 Å². The minimum atomic E-state index is -4.01. The molecule has 0 bridgehead atoms. The number of nitrogens with zero attached hydrogens (tertiary/aromatic N) is 3. The van der Waals surface area contributed by atoms with Gasteiger partial charge in [-0.25, -0.2) is 0 Å². The second-order valence-electron chi connectivity index (χ2n) is 2.41. The maximum Gasteiger partial charge on any atom is 0.266 e. The molecule has 0 aliphatic rings. The summed E-state index contributed by atoms with van der Waals surface area (Å²) in [6, 6.07) is 0. The average molecular weight is 310 g/mol. The molecule has 0 unspecified atom stereocenters. The molecule has 1 aromatic heterocycles. The van der Waals surface area contributed by atoms with Crippen molar-refractivity contribution in [2.75, 3.05) is 17.6 Å². The molecule has 0 aliphatic carbocycles. The van der Waals surface area contributed by atoms with Crippen molar-refractivity contribution < 1.29 is 13.0 Å². The van der Waals surface area contributed by atoms with Crippen molar-refractivity contribution in [3.63, 3.8) is 0 Å². The van der Waals surface area contributed by atoms with Crippen LogP contribution in [0.4, 0.5) is 5.95 Å². The van der Waals surface area contributed by atoms with Gasteiger partial charge in [0.2, 0.25) is 16.5 Å². The zero-order valence-electron chi connectivity index (χ0n) is 7.59. The zero-order valence-corrected chi connectivity index (χ0v) is 10.7. The number of aromatic nitrogens is 3. The third-order valence-corrected chi connectivity index (χ3v) is 2.28. The Morgan fingerprint density at radius 2 is 1.69 bits per heavy atom. The molecule has 92 valence electrons. The topological polar surface area (TPSA) is 105 Å². The number of hydrogen-bond acceptors (Lipinski definition) is 6. The van der Waals surface area contributed by atoms with Crippen molar-refractivity contribution in [2.24, 2.45) is 0 Å². The van der Waals surface area contributed by atoms with Crippen molar-refractivity contribution in [3.05, 3.63) is 10.6 Å². The highest BCUT2D eigenvalue weighted by Crippen LogP contribution is 2.08. The number of anilines is 1. The Hall–Kier alpha value is -0.410. The quantitative estimate of drug-likeness (QED) is 0.796. The van der Waals surface area contributed by atoms with Gasteiger partial charge in [0.25, 0.3) is 10.1 Å². The van der Waals surface area contributed by atoms with Gasteiger partial charge >= 0.3 is 0 Å². The van der Waals surface area contributed by atoms with Crippen LogP contribution in [0.15, 0.2) is 0 Å². The minimum absolute atomic E-state index is 0. The molecule has 0 radical (unpaired) electrons. The molecule has 1 aromatic rings. The van der Waals surface area contributed by atoms with Crippen LogP contribution in [0, 0.1) is 0 Å². The molecule has 0 fully saturated rings. The Kier molecular flexibility index (Phi) is 6.19. The summed E-state index contributed by atoms with van der Waals surface area (Å²) in [5.74, 6) is -0.419. The molecule has 0 spiro atoms. The summed E-state index contributed by atoms with van der Waals surface area (Å²) < 4.78 is 29.2. The molecule has 0 saturated carbocycles. The van der Waals surface area contributed by atoms with Gasteiger partial charge in [-0.1, -0.05) is 0 Å². The predicted octanol–water partition coefficient (Wildman–Crippen LogP) is 0.900. The van der Waals surface area contributed by atoms with Crippen molar-refractivity contribution in [1.82, 2.24) is 15.0 Å². The first-order valence-corrected chi connectivity index (χ1v) is 5.99. The van der Waals surface area contributed by atoms with Crippen LogP contribution in [0.3, 0.4) is 0 Å². The van der Waals surface area contributed by atoms with Crippen LogP contribution in [0.25, 0.3) is 0 Å². The lowest BCUT2D eigenvalue weighted by Gasteiger charge is -2.02. The normalized spacial score (nSPS) is 10.7. The van der Waals surface area contributed by atoms with E-state index in [2.05, 4.69) is 20.3 Å². The third kappa shape index (κ3) is 6.23. The molecule has 0 saturated heterocycles. The van der Waals surface area contributed by atoms with Crippen molar-refractivity contribution in [1.29, 1.82) is 0 Å². The smallest absolute Gasteiger partial charge is 0.266 e. The Labute approximate surface area is 108 Å². The number of nitrogens with one attached hydrogen (secondary N) is 1. The standard InChI is InChI=1S/C5H6Cl2N4O3S.ClH/c6-3-9-4(7)11-5(10-3)8-1-2-15(12,13)14;/h1-2H2,(H,12,13,14)(H,8,9,10,11);1H. The lowest BCUT2D eigenvalue weighted by Crippen LogP contribution is -2.16. The van der Waals surface area contributed by atoms with E-state index < -0.39 is 15.9 Å². The molecule has 0 aromatic carbocycles. The number of hydrogen-bond donors (Lipinski definition) is 2. The molecule has 1 rings (SSSR count). The predicted molar refractivity (Wildman–Crippen MR) is 62.0 cm³/mol. The van der Waals surface area contributed by atoms with Crippen LogP contribution in [-0.2, 0) is 10.1 Å². The SMILES string of the molecule is Cl.O=S(=O)(O)CCNc1nc(Cl)nc(Cl)n1. The van der Waals surface area contributed by atoms with Crippen LogP contribution < -0.4 is 5.32 Å². The molecule has 7 nitrogen and oxygen atoms in total. The van der Waals surface area contributed by atoms with Gasteiger partial charge in [-0.05, 0) is 23.2 Å². The van der Waals surface area contributed by atoms with Gasteiger partial charge in [0.05, 0.1) is 5.75 Å². The fraction of sp³-hybridized carbons (Fsp3) is 0.400. The van der Waals surface area contributed by atoms with Crippen LogP contribution in [0.2, 0.25) is 10.6 Å². The maximum atomic E-state index is 10.4. The van der Waals surface area contributed by atoms with Gasteiger partial charge in [-0.15, -0.1) is 12.4 Å². The van der Waals surface area contributed by atoms with E-state index >= 15 is 0 Å². The first-order valence-electron chi connectivity index (χ1n) is 3.63. The van der Waals surface area contributed by atoms with E-state index in [1.54, 1.807) is 0 Å². The molecule has 1 heterocycles. The molecule has 11 heteroatoms. The van der Waals surface area contributed by atoms with Gasteiger partial charge < -0.3 is 5.32 Å².